The number of nitrogens with zero attached hydrogens (tertiary/aromatic N) is 2. The first-order valence-corrected chi connectivity index (χ1v) is 13.9. The molecule has 200 valence electrons. The molecule has 0 bridgehead atoms. The molecule has 0 aliphatic rings. The number of amides is 1. The second-order valence-corrected chi connectivity index (χ2v) is 10.8. The van der Waals surface area contributed by atoms with Gasteiger partial charge in [-0.25, -0.2) is 4.98 Å². The first-order chi connectivity index (χ1) is 19.0. The van der Waals surface area contributed by atoms with Crippen molar-refractivity contribution in [1.82, 2.24) is 9.97 Å². The Morgan fingerprint density at radius 3 is 2.33 bits per heavy atom. The fourth-order valence-electron chi connectivity index (χ4n) is 4.29. The molecule has 0 atom stereocenters. The van der Waals surface area contributed by atoms with Crippen LogP contribution in [0.25, 0.3) is 21.0 Å². The lowest BCUT2D eigenvalue weighted by Crippen LogP contribution is -2.16. The van der Waals surface area contributed by atoms with Crippen molar-refractivity contribution in [2.75, 3.05) is 39.5 Å². The number of para-hydroxylation sites is 1. The van der Waals surface area contributed by atoms with E-state index in [1.807, 2.05) is 48.5 Å². The molecule has 0 spiro atoms. The minimum absolute atomic E-state index is 0.148. The number of fused-ring (bicyclic) bond motifs is 2. The lowest BCUT2D eigenvalue weighted by atomic mass is 10.0. The van der Waals surface area contributed by atoms with E-state index in [0.29, 0.717) is 35.1 Å². The van der Waals surface area contributed by atoms with E-state index in [1.165, 1.54) is 11.8 Å². The molecule has 1 amide bonds. The molecule has 0 fully saturated rings. The van der Waals surface area contributed by atoms with Gasteiger partial charge in [-0.3, -0.25) is 9.78 Å². The Morgan fingerprint density at radius 2 is 1.59 bits per heavy atom. The average Bonchev–Trinajstić information content (AvgIpc) is 3.39. The van der Waals surface area contributed by atoms with E-state index in [9.17, 15) is 4.79 Å². The Balaban J connectivity index is 1.43. The number of thioether (sulfide) groups is 1. The van der Waals surface area contributed by atoms with Crippen LogP contribution in [0.4, 0.5) is 5.69 Å². The molecule has 5 aromatic rings. The quantitative estimate of drug-likeness (QED) is 0.202. The monoisotopic (exact) mass is 561 g/mol. The molecule has 0 saturated heterocycles. The van der Waals surface area contributed by atoms with Crippen molar-refractivity contribution in [2.45, 2.75) is 10.8 Å². The Morgan fingerprint density at radius 1 is 0.897 bits per heavy atom. The fraction of sp³-hybridized carbons (Fsp3) is 0.207. The summed E-state index contributed by atoms with van der Waals surface area (Å²) in [4.78, 5) is 22.3. The molecule has 0 saturated carbocycles. The van der Waals surface area contributed by atoms with Crippen LogP contribution in [0.15, 0.2) is 65.1 Å². The number of nitrogens with one attached hydrogen (secondary N) is 1. The molecule has 5 rings (SSSR count). The number of rotatable bonds is 10. The van der Waals surface area contributed by atoms with Crippen molar-refractivity contribution in [3.8, 4) is 23.0 Å². The SMILES string of the molecule is COc1cc(Cc2nccc3cc(OC)c(OC)cc23)c(NC(=O)CSc2nc3ccccc3s2)cc1OC. The number of thiazole rings is 1. The molecular formula is C29H27N3O5S2. The van der Waals surface area contributed by atoms with E-state index in [1.54, 1.807) is 52.0 Å². The minimum atomic E-state index is -0.148. The van der Waals surface area contributed by atoms with Crippen LogP contribution in [0.5, 0.6) is 23.0 Å². The van der Waals surface area contributed by atoms with Gasteiger partial charge >= 0.3 is 0 Å². The van der Waals surface area contributed by atoms with Crippen molar-refractivity contribution in [3.63, 3.8) is 0 Å². The summed E-state index contributed by atoms with van der Waals surface area (Å²) in [6.07, 6.45) is 2.20. The maximum absolute atomic E-state index is 13.1. The second kappa shape index (κ2) is 11.8. The van der Waals surface area contributed by atoms with Crippen LogP contribution in [-0.2, 0) is 11.2 Å². The minimum Gasteiger partial charge on any atom is -0.493 e. The summed E-state index contributed by atoms with van der Waals surface area (Å²) in [5.41, 5.74) is 3.21. The first kappa shape index (κ1) is 26.6. The molecule has 10 heteroatoms. The summed E-state index contributed by atoms with van der Waals surface area (Å²) in [5.74, 6) is 2.42. The van der Waals surface area contributed by atoms with Gasteiger partial charge in [0, 0.05) is 29.8 Å². The van der Waals surface area contributed by atoms with Crippen LogP contribution in [0.3, 0.4) is 0 Å². The third kappa shape index (κ3) is 5.71. The number of pyridine rings is 1. The Kier molecular flexibility index (Phi) is 8.04. The van der Waals surface area contributed by atoms with Gasteiger partial charge in [0.15, 0.2) is 27.3 Å². The van der Waals surface area contributed by atoms with E-state index in [4.69, 9.17) is 18.9 Å². The Labute approximate surface area is 234 Å². The van der Waals surface area contributed by atoms with Gasteiger partial charge < -0.3 is 24.3 Å². The summed E-state index contributed by atoms with van der Waals surface area (Å²) in [5, 5.41) is 4.95. The standard InChI is InChI=1S/C29H27N3O5S2/c1-34-23-12-17-9-10-30-22(19(17)14-25(23)36-3)11-18-13-24(35-2)26(37-4)15-21(18)31-28(33)16-38-29-32-20-7-5-6-8-27(20)39-29/h5-10,12-15H,11,16H2,1-4H3,(H,31,33). The number of hydrogen-bond donors (Lipinski definition) is 1. The highest BCUT2D eigenvalue weighted by Crippen LogP contribution is 2.37. The number of methoxy groups -OCH3 is 4. The zero-order valence-electron chi connectivity index (χ0n) is 21.9. The zero-order valence-corrected chi connectivity index (χ0v) is 23.6. The summed E-state index contributed by atoms with van der Waals surface area (Å²) in [6, 6.07) is 17.4. The molecule has 3 aromatic carbocycles. The van der Waals surface area contributed by atoms with Gasteiger partial charge in [0.25, 0.3) is 0 Å². The van der Waals surface area contributed by atoms with E-state index in [2.05, 4.69) is 15.3 Å². The predicted octanol–water partition coefficient (Wildman–Crippen LogP) is 6.20. The topological polar surface area (TPSA) is 91.8 Å². The number of carbonyl (C=O) groups excluding carboxylic acids is 1. The maximum atomic E-state index is 13.1. The van der Waals surface area contributed by atoms with Gasteiger partial charge in [0.1, 0.15) is 0 Å². The molecule has 0 unspecified atom stereocenters. The van der Waals surface area contributed by atoms with Crippen LogP contribution in [0.2, 0.25) is 0 Å². The molecule has 8 nitrogen and oxygen atoms in total. The number of hydrogen-bond acceptors (Lipinski definition) is 9. The number of ether oxygens (including phenoxy) is 4. The van der Waals surface area contributed by atoms with E-state index in [0.717, 1.165) is 36.6 Å². The molecular weight excluding hydrogens is 534 g/mol. The van der Waals surface area contributed by atoms with Gasteiger partial charge in [-0.1, -0.05) is 23.9 Å². The van der Waals surface area contributed by atoms with Crippen molar-refractivity contribution in [3.05, 3.63) is 72.1 Å². The average molecular weight is 562 g/mol. The maximum Gasteiger partial charge on any atom is 0.234 e. The normalized spacial score (nSPS) is 11.0. The second-order valence-electron chi connectivity index (χ2n) is 8.51. The van der Waals surface area contributed by atoms with Crippen molar-refractivity contribution >= 4 is 55.7 Å². The van der Waals surface area contributed by atoms with Gasteiger partial charge in [0.05, 0.1) is 50.1 Å². The number of anilines is 1. The number of aromatic nitrogens is 2. The Hall–Kier alpha value is -4.02. The first-order valence-electron chi connectivity index (χ1n) is 12.1. The Bertz CT molecular complexity index is 1620. The molecule has 1 N–H and O–H groups in total. The van der Waals surface area contributed by atoms with Crippen LogP contribution in [-0.4, -0.2) is 50.1 Å². The highest BCUT2D eigenvalue weighted by atomic mass is 32.2. The molecule has 0 aliphatic heterocycles. The van der Waals surface area contributed by atoms with E-state index in [-0.39, 0.29) is 11.7 Å². The largest absolute Gasteiger partial charge is 0.493 e. The van der Waals surface area contributed by atoms with Crippen LogP contribution in [0, 0.1) is 0 Å². The third-order valence-corrected chi connectivity index (χ3v) is 8.37. The van der Waals surface area contributed by atoms with Crippen molar-refractivity contribution in [1.29, 1.82) is 0 Å². The predicted molar refractivity (Wildman–Crippen MR) is 156 cm³/mol. The molecule has 2 heterocycles. The van der Waals surface area contributed by atoms with Crippen molar-refractivity contribution < 1.29 is 23.7 Å². The highest BCUT2D eigenvalue weighted by Gasteiger charge is 2.17. The summed E-state index contributed by atoms with van der Waals surface area (Å²) in [7, 11) is 6.37. The van der Waals surface area contributed by atoms with Gasteiger partial charge in [-0.15, -0.1) is 11.3 Å². The lowest BCUT2D eigenvalue weighted by Gasteiger charge is -2.17. The third-order valence-electron chi connectivity index (χ3n) is 6.19. The highest BCUT2D eigenvalue weighted by molar-refractivity contribution is 8.01. The summed E-state index contributed by atoms with van der Waals surface area (Å²) >= 11 is 2.99. The zero-order chi connectivity index (χ0) is 27.4. The fourth-order valence-corrected chi connectivity index (χ4v) is 6.16. The van der Waals surface area contributed by atoms with Crippen LogP contribution < -0.4 is 24.3 Å². The smallest absolute Gasteiger partial charge is 0.234 e. The summed E-state index contributed by atoms with van der Waals surface area (Å²) in [6.45, 7) is 0. The molecule has 0 aliphatic carbocycles. The molecule has 2 aromatic heterocycles. The van der Waals surface area contributed by atoms with E-state index < -0.39 is 0 Å². The van der Waals surface area contributed by atoms with Crippen molar-refractivity contribution in [2.24, 2.45) is 0 Å². The van der Waals surface area contributed by atoms with E-state index >= 15 is 0 Å². The number of benzene rings is 3. The lowest BCUT2D eigenvalue weighted by molar-refractivity contribution is -0.113. The number of carbonyl (C=O) groups is 1. The molecule has 39 heavy (non-hydrogen) atoms. The van der Waals surface area contributed by atoms with Crippen LogP contribution in [0.1, 0.15) is 11.3 Å². The molecule has 0 radical (unpaired) electrons. The van der Waals surface area contributed by atoms with Gasteiger partial charge in [0.2, 0.25) is 5.91 Å². The summed E-state index contributed by atoms with van der Waals surface area (Å²) < 4.78 is 24.0. The van der Waals surface area contributed by atoms with Gasteiger partial charge in [-0.2, -0.15) is 0 Å². The van der Waals surface area contributed by atoms with Crippen LogP contribution >= 0.6 is 23.1 Å². The van der Waals surface area contributed by atoms with Gasteiger partial charge in [-0.05, 0) is 47.3 Å².